The summed E-state index contributed by atoms with van der Waals surface area (Å²) in [5.74, 6) is 1.73. The van der Waals surface area contributed by atoms with Gasteiger partial charge < -0.3 is 49.9 Å². The van der Waals surface area contributed by atoms with Crippen molar-refractivity contribution in [3.05, 3.63) is 216 Å². The second kappa shape index (κ2) is 45.9. The molecule has 0 aliphatic carbocycles. The summed E-state index contributed by atoms with van der Waals surface area (Å²) in [7, 11) is 4.34. The van der Waals surface area contributed by atoms with Crippen LogP contribution in [0.3, 0.4) is 0 Å². The Morgan fingerprint density at radius 2 is 0.937 bits per heavy atom. The number of piperidine rings is 3. The Morgan fingerprint density at radius 3 is 1.37 bits per heavy atom. The number of hydrogen-bond donors (Lipinski definition) is 3. The maximum atomic E-state index is 12.5. The third-order valence-electron chi connectivity index (χ3n) is 22.8. The molecule has 2 amide bonds. The number of halogens is 5. The zero-order valence-corrected chi connectivity index (χ0v) is 82.5. The monoisotopic (exact) mass is 2040 g/mol. The van der Waals surface area contributed by atoms with E-state index in [1.807, 2.05) is 129 Å². The zero-order valence-electron chi connectivity index (χ0n) is 73.6. The van der Waals surface area contributed by atoms with Crippen LogP contribution in [0.1, 0.15) is 143 Å². The number of thiol groups is 1. The van der Waals surface area contributed by atoms with Crippen LogP contribution in [0.4, 0.5) is 32.3 Å². The number of benzene rings is 3. The minimum atomic E-state index is -0.482. The number of aromatic nitrogens is 7. The number of carbonyl (C=O) groups excluding carboxylic acids is 2. The molecule has 25 nitrogen and oxygen atoms in total. The predicted molar refractivity (Wildman–Crippen MR) is 524 cm³/mol. The molecule has 0 unspecified atom stereocenters. The van der Waals surface area contributed by atoms with Crippen molar-refractivity contribution in [2.24, 2.45) is 27.8 Å². The first-order chi connectivity index (χ1) is 60.4. The standard InChI is InChI=1S/C32H39N7O2.C23H22BrN5.C16H18N4.C9H18N2O2.C7H6Br3N.C7H8BrN.BHNS/c1-22-14-26(20-39(18-22)29-8-7-23(16-33)30-27(29)6-5-9-34-30)38-19-24-15-25(17-35-28(24)21-38)36-10-12-37(13-11-36)31(40)41-32(2,3)4;1-15-7-19(28-12-17-8-18(24)10-27-21(17)14-28)13-29(11-15)22-5-4-16(9-25)23-20(22)3-2-6-26-23;1-11-7-13(18)10-20(9-11)15-5-4-12(8-17)16-14(15)3-2-6-19-16;1-9(2,3)13-8(12)11-6-4-10-5-7-11;8-2-5-1-6(10)4-11-7(5)3-9;1-5-3-7(8)4-9-6(5)2;1-2-3/h5-9,15,17,22,26H,10-14,18-21H2,1-4H3;2-6,8,10,15,19H,7,11-14H2,1H3;2-6,11,13H,7,9-10,18H2,1H3;10H,4-7H2,1-3H3;1,4H,2-3H2;3-4H,1-2H3;3H/t22-,26+;15-,19+;11-,13+;;;;/m000..../s1. The molecule has 3 aromatic carbocycles. The van der Waals surface area contributed by atoms with Gasteiger partial charge in [-0.3, -0.25) is 44.7 Å². The molecule has 5 fully saturated rings. The van der Waals surface area contributed by atoms with Gasteiger partial charge in [-0.05, 0) is 260 Å². The van der Waals surface area contributed by atoms with E-state index in [1.54, 1.807) is 28.4 Å². The van der Waals surface area contributed by atoms with E-state index in [0.717, 1.165) is 203 Å². The fraction of sp³-hybridized carbons (Fsp3) is 0.447. The van der Waals surface area contributed by atoms with Gasteiger partial charge in [0.05, 0.1) is 62.2 Å². The number of pyridine rings is 7. The fourth-order valence-corrected chi connectivity index (χ4v) is 19.1. The number of aryl methyl sites for hydroxylation is 2. The average molecular weight is 2040 g/mol. The SMILES string of the molecule is BrCc1cc(Br)cnc1CBr.CC(C)(C)OC(=O)N1CCNCC1.C[C@H]1C[C@@H](N)CN(c2ccc(C#N)c3ncccc23)C1.C[C@H]1C[C@@H](N2Cc3cc(Br)cnc3C2)CN(c2ccc(C#N)c3ncccc23)C1.C[C@H]1C[C@@H](N2Cc3cc(N4CCN(C(=O)OC(C)(C)C)CC4)cnc3C2)CN(c2ccc(C#N)c3ncccc23)C1.Cc1cc(Br)cnc1C.[B]=NS. The second-order valence-corrected chi connectivity index (χ2v) is 39.1. The third-order valence-corrected chi connectivity index (χ3v) is 25.3. The van der Waals surface area contributed by atoms with E-state index in [1.165, 1.54) is 45.7 Å². The van der Waals surface area contributed by atoms with Crippen molar-refractivity contribution in [1.82, 2.24) is 59.8 Å². The van der Waals surface area contributed by atoms with Gasteiger partial charge in [0, 0.05) is 236 Å². The van der Waals surface area contributed by atoms with Gasteiger partial charge in [-0.15, -0.1) is 0 Å². The van der Waals surface area contributed by atoms with Crippen LogP contribution in [0.5, 0.6) is 0 Å². The first kappa shape index (κ1) is 97.8. The number of fused-ring (bicyclic) bond motifs is 5. The molecule has 126 heavy (non-hydrogen) atoms. The summed E-state index contributed by atoms with van der Waals surface area (Å²) in [6.45, 7) is 37.8. The molecule has 10 aromatic rings. The Balaban J connectivity index is 0.000000158. The molecule has 7 aliphatic heterocycles. The molecule has 0 bridgehead atoms. The summed E-state index contributed by atoms with van der Waals surface area (Å²) in [6, 6.07) is 40.4. The van der Waals surface area contributed by atoms with Crippen LogP contribution in [-0.4, -0.2) is 195 Å². The van der Waals surface area contributed by atoms with Crippen LogP contribution in [0.15, 0.2) is 158 Å². The molecular formula is C94H112BBr5N21O4S. The number of hydrogen-bond acceptors (Lipinski definition) is 24. The molecule has 6 atom stereocenters. The maximum absolute atomic E-state index is 12.5. The van der Waals surface area contributed by atoms with E-state index in [2.05, 4.69) is 257 Å². The summed E-state index contributed by atoms with van der Waals surface area (Å²) in [5, 5.41) is 36.2. The quantitative estimate of drug-likeness (QED) is 0.0723. The van der Waals surface area contributed by atoms with Crippen LogP contribution < -0.4 is 30.7 Å². The number of nitrogens with two attached hydrogens (primary N) is 1. The Kier molecular flexibility index (Phi) is 35.6. The minimum absolute atomic E-state index is 0.200. The van der Waals surface area contributed by atoms with Crippen molar-refractivity contribution in [3.63, 3.8) is 0 Å². The Labute approximate surface area is 790 Å². The molecule has 3 N–H and O–H groups in total. The van der Waals surface area contributed by atoms with E-state index in [9.17, 15) is 25.4 Å². The predicted octanol–water partition coefficient (Wildman–Crippen LogP) is 18.7. The Morgan fingerprint density at radius 1 is 0.524 bits per heavy atom. The van der Waals surface area contributed by atoms with E-state index >= 15 is 0 Å². The number of amides is 2. The van der Waals surface area contributed by atoms with E-state index in [4.69, 9.17) is 20.2 Å². The summed E-state index contributed by atoms with van der Waals surface area (Å²) in [4.78, 5) is 73.5. The van der Waals surface area contributed by atoms with Crippen molar-refractivity contribution in [1.29, 1.82) is 15.8 Å². The molecule has 17 rings (SSSR count). The second-order valence-electron chi connectivity index (χ2n) is 35.0. The number of nitrogens with zero attached hydrogens (tertiary/aromatic N) is 19. The number of anilines is 4. The van der Waals surface area contributed by atoms with Crippen molar-refractivity contribution in [3.8, 4) is 18.2 Å². The molecular weight excluding hydrogens is 1930 g/mol. The van der Waals surface area contributed by atoms with Crippen LogP contribution in [0.2, 0.25) is 0 Å². The topological polar surface area (TPSA) is 291 Å². The van der Waals surface area contributed by atoms with E-state index < -0.39 is 5.60 Å². The first-order valence-electron chi connectivity index (χ1n) is 42.6. The van der Waals surface area contributed by atoms with E-state index in [-0.39, 0.29) is 23.8 Å². The van der Waals surface area contributed by atoms with Gasteiger partial charge in [-0.2, -0.15) is 15.8 Å². The average Bonchev–Trinajstić information content (AvgIpc) is 1.08. The first-order valence-corrected chi connectivity index (χ1v) is 47.6. The number of ether oxygens (including phenoxy) is 2. The molecule has 0 saturated carbocycles. The number of piperazine rings is 2. The summed E-state index contributed by atoms with van der Waals surface area (Å²) in [6.07, 6.45) is 15.7. The van der Waals surface area contributed by atoms with Crippen molar-refractivity contribution in [2.45, 2.75) is 162 Å². The van der Waals surface area contributed by atoms with Crippen molar-refractivity contribution in [2.75, 3.05) is 111 Å². The van der Waals surface area contributed by atoms with Gasteiger partial charge in [-0.1, -0.05) is 52.6 Å². The van der Waals surface area contributed by atoms with Gasteiger partial charge in [0.1, 0.15) is 29.4 Å². The van der Waals surface area contributed by atoms with Gasteiger partial charge >= 0.3 is 36.9 Å². The fourth-order valence-electron chi connectivity index (χ4n) is 16.9. The molecule has 7 aromatic heterocycles. The summed E-state index contributed by atoms with van der Waals surface area (Å²) >= 11 is 20.2. The summed E-state index contributed by atoms with van der Waals surface area (Å²) < 4.78 is 16.6. The van der Waals surface area contributed by atoms with E-state index in [0.29, 0.717) is 59.6 Å². The van der Waals surface area contributed by atoms with Crippen LogP contribution in [0, 0.1) is 65.6 Å². The van der Waals surface area contributed by atoms with Gasteiger partial charge in [0.25, 0.3) is 0 Å². The van der Waals surface area contributed by atoms with Crippen molar-refractivity contribution < 1.29 is 19.1 Å². The van der Waals surface area contributed by atoms with Crippen molar-refractivity contribution >= 4 is 168 Å². The summed E-state index contributed by atoms with van der Waals surface area (Å²) in [5.41, 5.74) is 23.7. The van der Waals surface area contributed by atoms with Gasteiger partial charge in [0.2, 0.25) is 0 Å². The van der Waals surface area contributed by atoms with Crippen LogP contribution in [-0.2, 0) is 46.3 Å². The Bertz CT molecular complexity index is 5550. The zero-order chi connectivity index (χ0) is 90.5. The van der Waals surface area contributed by atoms with Gasteiger partial charge in [0.15, 0.2) is 0 Å². The molecule has 32 heteroatoms. The number of nitriles is 3. The number of alkyl halides is 2. The van der Waals surface area contributed by atoms with Crippen LogP contribution >= 0.6 is 92.5 Å². The van der Waals surface area contributed by atoms with Crippen LogP contribution in [0.25, 0.3) is 32.7 Å². The molecule has 1 radical (unpaired) electrons. The number of rotatable bonds is 8. The molecule has 661 valence electrons. The van der Waals surface area contributed by atoms with Gasteiger partial charge in [-0.25, -0.2) is 9.59 Å². The molecule has 14 heterocycles. The Hall–Kier alpha value is -8.85. The molecule has 5 saturated heterocycles. The normalized spacial score (nSPS) is 19.3. The molecule has 7 aliphatic rings. The number of nitrogens with one attached hydrogen (secondary N) is 1. The number of carbonyl (C=O) groups is 2. The third kappa shape index (κ3) is 26.7. The molecule has 0 spiro atoms.